The Hall–Kier alpha value is -2.34. The summed E-state index contributed by atoms with van der Waals surface area (Å²) in [5.74, 6) is -0.302. The molecule has 1 aliphatic rings. The number of nitrogens with zero attached hydrogens (tertiary/aromatic N) is 1. The molecule has 22 heavy (non-hydrogen) atoms. The molecule has 2 N–H and O–H groups in total. The SMILES string of the molecule is CN(Cc1cc2ccccc2o1)C(=O)[C@H]1CC[C@@H](C(=O)O)N1. The zero-order valence-corrected chi connectivity index (χ0v) is 12.3. The van der Waals surface area contributed by atoms with Gasteiger partial charge >= 0.3 is 5.97 Å². The van der Waals surface area contributed by atoms with Crippen LogP contribution >= 0.6 is 0 Å². The molecule has 0 unspecified atom stereocenters. The highest BCUT2D eigenvalue weighted by Crippen LogP contribution is 2.21. The number of nitrogens with one attached hydrogen (secondary N) is 1. The first kappa shape index (κ1) is 14.6. The molecule has 1 aromatic heterocycles. The molecule has 0 radical (unpaired) electrons. The van der Waals surface area contributed by atoms with E-state index in [1.807, 2.05) is 30.3 Å². The third-order valence-electron chi connectivity index (χ3n) is 3.99. The van der Waals surface area contributed by atoms with Gasteiger partial charge in [-0.25, -0.2) is 0 Å². The van der Waals surface area contributed by atoms with Crippen LogP contribution in [0.1, 0.15) is 18.6 Å². The summed E-state index contributed by atoms with van der Waals surface area (Å²) in [6.07, 6.45) is 1.02. The molecule has 1 aliphatic heterocycles. The summed E-state index contributed by atoms with van der Waals surface area (Å²) in [4.78, 5) is 24.9. The quantitative estimate of drug-likeness (QED) is 0.896. The van der Waals surface area contributed by atoms with Crippen LogP contribution in [0.5, 0.6) is 0 Å². The van der Waals surface area contributed by atoms with Gasteiger partial charge < -0.3 is 14.4 Å². The highest BCUT2D eigenvalue weighted by Gasteiger charge is 2.34. The summed E-state index contributed by atoms with van der Waals surface area (Å²) in [6.45, 7) is 0.365. The van der Waals surface area contributed by atoms with Crippen molar-refractivity contribution in [3.8, 4) is 0 Å². The molecule has 2 aromatic rings. The molecule has 2 atom stereocenters. The van der Waals surface area contributed by atoms with Gasteiger partial charge in [-0.3, -0.25) is 14.9 Å². The molecule has 6 nitrogen and oxygen atoms in total. The average molecular weight is 302 g/mol. The van der Waals surface area contributed by atoms with Crippen LogP contribution < -0.4 is 5.32 Å². The number of carbonyl (C=O) groups is 2. The van der Waals surface area contributed by atoms with E-state index in [2.05, 4.69) is 5.32 Å². The molecule has 0 aliphatic carbocycles. The first-order chi connectivity index (χ1) is 10.5. The fourth-order valence-electron chi connectivity index (χ4n) is 2.82. The molecule has 6 heteroatoms. The lowest BCUT2D eigenvalue weighted by atomic mass is 10.2. The van der Waals surface area contributed by atoms with Gasteiger partial charge in [-0.05, 0) is 25.0 Å². The predicted octanol–water partition coefficient (Wildman–Crippen LogP) is 1.60. The van der Waals surface area contributed by atoms with Gasteiger partial charge in [-0.15, -0.1) is 0 Å². The zero-order chi connectivity index (χ0) is 15.7. The van der Waals surface area contributed by atoms with Crippen LogP contribution in [0.2, 0.25) is 0 Å². The van der Waals surface area contributed by atoms with Crippen LogP contribution in [0.3, 0.4) is 0 Å². The van der Waals surface area contributed by atoms with E-state index in [0.717, 1.165) is 11.0 Å². The van der Waals surface area contributed by atoms with E-state index in [-0.39, 0.29) is 5.91 Å². The maximum absolute atomic E-state index is 12.4. The zero-order valence-electron chi connectivity index (χ0n) is 12.3. The predicted molar refractivity (Wildman–Crippen MR) is 80.3 cm³/mol. The van der Waals surface area contributed by atoms with E-state index in [4.69, 9.17) is 9.52 Å². The number of amides is 1. The molecule has 1 fully saturated rings. The molecular formula is C16H18N2O4. The van der Waals surface area contributed by atoms with Crippen LogP contribution in [0, 0.1) is 0 Å². The number of carboxylic acids is 1. The summed E-state index contributed by atoms with van der Waals surface area (Å²) in [5.41, 5.74) is 0.795. The van der Waals surface area contributed by atoms with Crippen molar-refractivity contribution in [2.75, 3.05) is 7.05 Å². The maximum atomic E-state index is 12.4. The number of aliphatic carboxylic acids is 1. The molecule has 3 rings (SSSR count). The third-order valence-corrected chi connectivity index (χ3v) is 3.99. The molecule has 1 aromatic carbocycles. The van der Waals surface area contributed by atoms with Crippen LogP contribution in [-0.4, -0.2) is 41.0 Å². The van der Waals surface area contributed by atoms with Crippen LogP contribution in [-0.2, 0) is 16.1 Å². The van der Waals surface area contributed by atoms with E-state index >= 15 is 0 Å². The van der Waals surface area contributed by atoms with Crippen molar-refractivity contribution >= 4 is 22.8 Å². The summed E-state index contributed by atoms with van der Waals surface area (Å²) in [5, 5.41) is 12.8. The van der Waals surface area contributed by atoms with Gasteiger partial charge in [0.1, 0.15) is 17.4 Å². The number of fused-ring (bicyclic) bond motifs is 1. The number of hydrogen-bond acceptors (Lipinski definition) is 4. The normalized spacial score (nSPS) is 21.1. The minimum atomic E-state index is -0.907. The lowest BCUT2D eigenvalue weighted by Crippen LogP contribution is -2.45. The Bertz CT molecular complexity index is 676. The molecule has 0 saturated carbocycles. The number of likely N-dealkylation sites (N-methyl/N-ethyl adjacent to an activating group) is 1. The molecule has 2 heterocycles. The van der Waals surface area contributed by atoms with E-state index in [9.17, 15) is 9.59 Å². The van der Waals surface area contributed by atoms with Gasteiger partial charge in [-0.1, -0.05) is 18.2 Å². The molecule has 0 bridgehead atoms. The Kier molecular flexibility index (Phi) is 3.85. The summed E-state index contributed by atoms with van der Waals surface area (Å²) in [6, 6.07) is 8.53. The summed E-state index contributed by atoms with van der Waals surface area (Å²) in [7, 11) is 1.70. The fourth-order valence-corrected chi connectivity index (χ4v) is 2.82. The maximum Gasteiger partial charge on any atom is 0.320 e. The van der Waals surface area contributed by atoms with E-state index in [1.165, 1.54) is 0 Å². The number of benzene rings is 1. The minimum absolute atomic E-state index is 0.107. The Morgan fingerprint density at radius 2 is 2.05 bits per heavy atom. The number of carbonyl (C=O) groups excluding carboxylic acids is 1. The molecule has 0 spiro atoms. The fraction of sp³-hybridized carbons (Fsp3) is 0.375. The number of para-hydroxylation sites is 1. The highest BCUT2D eigenvalue weighted by molar-refractivity contribution is 5.84. The monoisotopic (exact) mass is 302 g/mol. The second kappa shape index (κ2) is 5.81. The largest absolute Gasteiger partial charge is 0.480 e. The smallest absolute Gasteiger partial charge is 0.320 e. The highest BCUT2D eigenvalue weighted by atomic mass is 16.4. The summed E-state index contributed by atoms with van der Waals surface area (Å²) < 4.78 is 5.70. The van der Waals surface area contributed by atoms with Gasteiger partial charge in [0.25, 0.3) is 0 Å². The van der Waals surface area contributed by atoms with Crippen LogP contribution in [0.4, 0.5) is 0 Å². The van der Waals surface area contributed by atoms with Crippen LogP contribution in [0.25, 0.3) is 11.0 Å². The van der Waals surface area contributed by atoms with Crippen LogP contribution in [0.15, 0.2) is 34.7 Å². The van der Waals surface area contributed by atoms with Crippen molar-refractivity contribution in [2.24, 2.45) is 0 Å². The topological polar surface area (TPSA) is 82.8 Å². The van der Waals surface area contributed by atoms with Gasteiger partial charge in [0, 0.05) is 12.4 Å². The molecule has 1 amide bonds. The Balaban J connectivity index is 1.65. The minimum Gasteiger partial charge on any atom is -0.480 e. The molecule has 116 valence electrons. The van der Waals surface area contributed by atoms with Gasteiger partial charge in [0.15, 0.2) is 0 Å². The average Bonchev–Trinajstić information content (AvgIpc) is 3.12. The first-order valence-corrected chi connectivity index (χ1v) is 7.26. The summed E-state index contributed by atoms with van der Waals surface area (Å²) >= 11 is 0. The molecular weight excluding hydrogens is 284 g/mol. The lowest BCUT2D eigenvalue weighted by Gasteiger charge is -2.20. The first-order valence-electron chi connectivity index (χ1n) is 7.26. The number of carboxylic acid groups (broad SMARTS) is 1. The van der Waals surface area contributed by atoms with Crippen molar-refractivity contribution in [3.63, 3.8) is 0 Å². The van der Waals surface area contributed by atoms with Crippen molar-refractivity contribution in [2.45, 2.75) is 31.5 Å². The Labute approximate surface area is 127 Å². The second-order valence-corrected chi connectivity index (χ2v) is 5.63. The standard InChI is InChI=1S/C16H18N2O4/c1-18(15(19)12-6-7-13(17-12)16(20)21)9-11-8-10-4-2-3-5-14(10)22-11/h2-5,8,12-13,17H,6-7,9H2,1H3,(H,20,21)/t12-,13+/m1/s1. The van der Waals surface area contributed by atoms with Crippen molar-refractivity contribution in [3.05, 3.63) is 36.1 Å². The molecule has 1 saturated heterocycles. The van der Waals surface area contributed by atoms with Gasteiger partial charge in [0.2, 0.25) is 5.91 Å². The number of hydrogen-bond donors (Lipinski definition) is 2. The Morgan fingerprint density at radius 3 is 2.73 bits per heavy atom. The Morgan fingerprint density at radius 1 is 1.32 bits per heavy atom. The van der Waals surface area contributed by atoms with Gasteiger partial charge in [0.05, 0.1) is 12.6 Å². The van der Waals surface area contributed by atoms with E-state index in [0.29, 0.717) is 25.1 Å². The van der Waals surface area contributed by atoms with Crippen molar-refractivity contribution in [1.82, 2.24) is 10.2 Å². The van der Waals surface area contributed by atoms with E-state index < -0.39 is 18.1 Å². The van der Waals surface area contributed by atoms with Crippen molar-refractivity contribution < 1.29 is 19.1 Å². The number of rotatable bonds is 4. The van der Waals surface area contributed by atoms with Gasteiger partial charge in [-0.2, -0.15) is 0 Å². The third kappa shape index (κ3) is 2.82. The second-order valence-electron chi connectivity index (χ2n) is 5.63. The van der Waals surface area contributed by atoms with Crippen molar-refractivity contribution in [1.29, 1.82) is 0 Å². The lowest BCUT2D eigenvalue weighted by molar-refractivity contribution is -0.139. The number of furan rings is 1. The van der Waals surface area contributed by atoms with E-state index in [1.54, 1.807) is 11.9 Å².